The molecule has 3 aromatic rings. The summed E-state index contributed by atoms with van der Waals surface area (Å²) in [6.07, 6.45) is 1.97. The Morgan fingerprint density at radius 3 is 2.77 bits per heavy atom. The van der Waals surface area contributed by atoms with Crippen LogP contribution in [0.25, 0.3) is 5.65 Å². The lowest BCUT2D eigenvalue weighted by atomic mass is 10.2. The van der Waals surface area contributed by atoms with E-state index in [1.54, 1.807) is 0 Å². The van der Waals surface area contributed by atoms with Crippen molar-refractivity contribution in [2.24, 2.45) is 0 Å². The van der Waals surface area contributed by atoms with Crippen LogP contribution in [0.3, 0.4) is 0 Å². The second kappa shape index (κ2) is 6.61. The van der Waals surface area contributed by atoms with Crippen molar-refractivity contribution < 1.29 is 0 Å². The number of aromatic nitrogens is 3. The van der Waals surface area contributed by atoms with Crippen LogP contribution in [-0.4, -0.2) is 33.1 Å². The van der Waals surface area contributed by atoms with E-state index in [4.69, 9.17) is 11.6 Å². The number of benzene rings is 1. The summed E-state index contributed by atoms with van der Waals surface area (Å²) in [6, 6.07) is 13.4. The van der Waals surface area contributed by atoms with Crippen molar-refractivity contribution in [1.82, 2.24) is 19.5 Å². The summed E-state index contributed by atoms with van der Waals surface area (Å²) in [5.41, 5.74) is 1.82. The molecule has 0 saturated carbocycles. The fraction of sp³-hybridized carbons (Fsp3) is 0.176. The first-order valence-corrected chi connectivity index (χ1v) is 7.32. The van der Waals surface area contributed by atoms with Gasteiger partial charge in [0.05, 0.1) is 13.1 Å². The highest BCUT2D eigenvalue weighted by Gasteiger charge is 2.06. The Morgan fingerprint density at radius 1 is 1.14 bits per heavy atom. The molecular formula is C17H15ClN4. The molecule has 3 rings (SSSR count). The molecule has 110 valence electrons. The molecule has 1 aromatic carbocycles. The third-order valence-corrected chi connectivity index (χ3v) is 3.47. The molecule has 0 amide bonds. The molecule has 4 nitrogen and oxygen atoms in total. The molecule has 2 heterocycles. The molecule has 0 N–H and O–H groups in total. The van der Waals surface area contributed by atoms with E-state index in [-0.39, 0.29) is 0 Å². The van der Waals surface area contributed by atoms with Gasteiger partial charge in [0, 0.05) is 16.8 Å². The zero-order valence-electron chi connectivity index (χ0n) is 12.2. The first-order valence-electron chi connectivity index (χ1n) is 6.94. The van der Waals surface area contributed by atoms with E-state index >= 15 is 0 Å². The Morgan fingerprint density at radius 2 is 1.95 bits per heavy atom. The van der Waals surface area contributed by atoms with Crippen molar-refractivity contribution in [3.63, 3.8) is 0 Å². The van der Waals surface area contributed by atoms with Gasteiger partial charge in [0.15, 0.2) is 11.5 Å². The van der Waals surface area contributed by atoms with Crippen LogP contribution in [0.2, 0.25) is 5.02 Å². The van der Waals surface area contributed by atoms with Gasteiger partial charge < -0.3 is 0 Å². The number of nitrogens with zero attached hydrogens (tertiary/aromatic N) is 4. The first kappa shape index (κ1) is 14.6. The summed E-state index contributed by atoms with van der Waals surface area (Å²) in [5.74, 6) is 7.19. The Hall–Kier alpha value is -2.35. The maximum absolute atomic E-state index is 5.85. The summed E-state index contributed by atoms with van der Waals surface area (Å²) < 4.78 is 1.99. The molecule has 0 fully saturated rings. The van der Waals surface area contributed by atoms with Crippen LogP contribution in [0, 0.1) is 11.8 Å². The topological polar surface area (TPSA) is 33.4 Å². The number of halogens is 1. The van der Waals surface area contributed by atoms with Crippen LogP contribution in [0.1, 0.15) is 11.4 Å². The second-order valence-electron chi connectivity index (χ2n) is 5.03. The summed E-state index contributed by atoms with van der Waals surface area (Å²) >= 11 is 5.85. The molecule has 5 heteroatoms. The summed E-state index contributed by atoms with van der Waals surface area (Å²) in [7, 11) is 2.01. The summed E-state index contributed by atoms with van der Waals surface area (Å²) in [4.78, 5) is 2.10. The summed E-state index contributed by atoms with van der Waals surface area (Å²) in [6.45, 7) is 1.35. The molecule has 22 heavy (non-hydrogen) atoms. The van der Waals surface area contributed by atoms with Crippen LogP contribution in [0.15, 0.2) is 48.7 Å². The maximum Gasteiger partial charge on any atom is 0.160 e. The number of hydrogen-bond donors (Lipinski definition) is 0. The molecule has 0 aliphatic carbocycles. The lowest BCUT2D eigenvalue weighted by Crippen LogP contribution is -2.19. The minimum absolute atomic E-state index is 0.657. The lowest BCUT2D eigenvalue weighted by molar-refractivity contribution is 0.357. The number of hydrogen-bond acceptors (Lipinski definition) is 3. The molecule has 0 radical (unpaired) electrons. The molecular weight excluding hydrogens is 296 g/mol. The van der Waals surface area contributed by atoms with Gasteiger partial charge in [0.1, 0.15) is 0 Å². The quantitative estimate of drug-likeness (QED) is 0.698. The normalized spacial score (nSPS) is 10.7. The Balaban J connectivity index is 1.63. The second-order valence-corrected chi connectivity index (χ2v) is 5.46. The number of fused-ring (bicyclic) bond motifs is 1. The van der Waals surface area contributed by atoms with E-state index in [0.717, 1.165) is 22.1 Å². The number of pyridine rings is 1. The van der Waals surface area contributed by atoms with Gasteiger partial charge >= 0.3 is 0 Å². The minimum atomic E-state index is 0.657. The SMILES string of the molecule is CN(CC#Cc1ccc(Cl)cc1)Cc1nnc2ccccn12. The molecule has 0 atom stereocenters. The van der Waals surface area contributed by atoms with Gasteiger partial charge in [-0.3, -0.25) is 9.30 Å². The van der Waals surface area contributed by atoms with E-state index < -0.39 is 0 Å². The smallest absolute Gasteiger partial charge is 0.160 e. The molecule has 0 saturated heterocycles. The highest BCUT2D eigenvalue weighted by molar-refractivity contribution is 6.30. The van der Waals surface area contributed by atoms with Crippen molar-refractivity contribution in [1.29, 1.82) is 0 Å². The van der Waals surface area contributed by atoms with Gasteiger partial charge in [-0.05, 0) is 43.4 Å². The van der Waals surface area contributed by atoms with E-state index in [1.807, 2.05) is 60.1 Å². The third-order valence-electron chi connectivity index (χ3n) is 3.22. The average molecular weight is 311 g/mol. The van der Waals surface area contributed by atoms with E-state index in [0.29, 0.717) is 13.1 Å². The van der Waals surface area contributed by atoms with Gasteiger partial charge in [0.25, 0.3) is 0 Å². The van der Waals surface area contributed by atoms with E-state index in [9.17, 15) is 0 Å². The predicted octanol–water partition coefficient (Wildman–Crippen LogP) is 2.87. The van der Waals surface area contributed by atoms with Crippen molar-refractivity contribution in [3.05, 3.63) is 65.1 Å². The molecule has 0 bridgehead atoms. The predicted molar refractivity (Wildman–Crippen MR) is 87.7 cm³/mol. The van der Waals surface area contributed by atoms with Gasteiger partial charge in [-0.1, -0.05) is 29.5 Å². The van der Waals surface area contributed by atoms with E-state index in [2.05, 4.69) is 26.9 Å². The molecule has 0 aliphatic heterocycles. The van der Waals surface area contributed by atoms with Gasteiger partial charge in [0.2, 0.25) is 0 Å². The van der Waals surface area contributed by atoms with Crippen LogP contribution in [0.4, 0.5) is 0 Å². The number of rotatable bonds is 3. The maximum atomic E-state index is 5.85. The molecule has 2 aromatic heterocycles. The Labute approximate surface area is 134 Å². The Kier molecular flexibility index (Phi) is 4.38. The zero-order valence-corrected chi connectivity index (χ0v) is 13.0. The minimum Gasteiger partial charge on any atom is -0.288 e. The lowest BCUT2D eigenvalue weighted by Gasteiger charge is -2.11. The van der Waals surface area contributed by atoms with Gasteiger partial charge in [-0.15, -0.1) is 10.2 Å². The average Bonchev–Trinajstić information content (AvgIpc) is 2.93. The standard InChI is InChI=1S/C17H15ClN4/c1-21(11-4-5-14-7-9-15(18)10-8-14)13-17-20-19-16-6-2-3-12-22(16)17/h2-3,6-10,12H,11,13H2,1H3. The van der Waals surface area contributed by atoms with Crippen molar-refractivity contribution >= 4 is 17.2 Å². The Bertz CT molecular complexity index is 827. The van der Waals surface area contributed by atoms with E-state index in [1.165, 1.54) is 0 Å². The third kappa shape index (κ3) is 3.45. The summed E-state index contributed by atoms with van der Waals surface area (Å²) in [5, 5.41) is 9.09. The monoisotopic (exact) mass is 310 g/mol. The van der Waals surface area contributed by atoms with Gasteiger partial charge in [-0.2, -0.15) is 0 Å². The van der Waals surface area contributed by atoms with Crippen LogP contribution in [0.5, 0.6) is 0 Å². The molecule has 0 spiro atoms. The first-order chi connectivity index (χ1) is 10.7. The fourth-order valence-corrected chi connectivity index (χ4v) is 2.23. The van der Waals surface area contributed by atoms with Crippen molar-refractivity contribution in [3.8, 4) is 11.8 Å². The highest BCUT2D eigenvalue weighted by Crippen LogP contribution is 2.08. The van der Waals surface area contributed by atoms with Crippen molar-refractivity contribution in [2.75, 3.05) is 13.6 Å². The highest BCUT2D eigenvalue weighted by atomic mass is 35.5. The fourth-order valence-electron chi connectivity index (χ4n) is 2.11. The molecule has 0 aliphatic rings. The van der Waals surface area contributed by atoms with Gasteiger partial charge in [-0.25, -0.2) is 0 Å². The van der Waals surface area contributed by atoms with Crippen LogP contribution >= 0.6 is 11.6 Å². The van der Waals surface area contributed by atoms with Crippen LogP contribution < -0.4 is 0 Å². The van der Waals surface area contributed by atoms with Crippen molar-refractivity contribution in [2.45, 2.75) is 6.54 Å². The van der Waals surface area contributed by atoms with Crippen LogP contribution in [-0.2, 0) is 6.54 Å². The zero-order chi connectivity index (χ0) is 15.4. The molecule has 0 unspecified atom stereocenters. The largest absolute Gasteiger partial charge is 0.288 e.